The van der Waals surface area contributed by atoms with Crippen LogP contribution in [-0.2, 0) is 11.2 Å². The molecule has 1 rings (SSSR count). The maximum Gasteiger partial charge on any atom is 0.307 e. The number of rotatable bonds is 5. The molecule has 0 amide bonds. The van der Waals surface area contributed by atoms with Gasteiger partial charge in [0.1, 0.15) is 0 Å². The van der Waals surface area contributed by atoms with E-state index in [9.17, 15) is 4.79 Å². The largest absolute Gasteiger partial charge is 0.481 e. The van der Waals surface area contributed by atoms with Gasteiger partial charge in [0.05, 0.1) is 5.92 Å². The molecule has 0 spiro atoms. The van der Waals surface area contributed by atoms with Gasteiger partial charge in [0.2, 0.25) is 0 Å². The average molecular weight is 297 g/mol. The van der Waals surface area contributed by atoms with Crippen LogP contribution in [0.2, 0.25) is 0 Å². The second-order valence-electron chi connectivity index (χ2n) is 4.38. The molecule has 0 heterocycles. The van der Waals surface area contributed by atoms with Crippen LogP contribution in [0.1, 0.15) is 25.8 Å². The summed E-state index contributed by atoms with van der Waals surface area (Å²) >= 11 is 3.36. The highest BCUT2D eigenvalue weighted by molar-refractivity contribution is 9.10. The number of hydrogen-bond donors (Lipinski definition) is 1. The molecule has 1 aromatic carbocycles. The van der Waals surface area contributed by atoms with Crippen molar-refractivity contribution < 1.29 is 9.90 Å². The summed E-state index contributed by atoms with van der Waals surface area (Å²) in [4.78, 5) is 11.1. The standard InChI is InChI=1S/C14H17BrO2/c1-10(2)3-6-12(14(16)17)9-11-4-7-13(15)8-5-11/h3-5,7-8,12H,6,9H2,1-2H3,(H,16,17). The quantitative estimate of drug-likeness (QED) is 0.833. The normalized spacial score (nSPS) is 11.9. The average Bonchev–Trinajstić information content (AvgIpc) is 2.26. The van der Waals surface area contributed by atoms with Crippen LogP contribution in [0.3, 0.4) is 0 Å². The van der Waals surface area contributed by atoms with Crippen LogP contribution >= 0.6 is 15.9 Å². The second-order valence-corrected chi connectivity index (χ2v) is 5.30. The fourth-order valence-corrected chi connectivity index (χ4v) is 1.82. The van der Waals surface area contributed by atoms with E-state index in [0.29, 0.717) is 12.8 Å². The van der Waals surface area contributed by atoms with Crippen LogP contribution in [-0.4, -0.2) is 11.1 Å². The van der Waals surface area contributed by atoms with E-state index in [0.717, 1.165) is 15.6 Å². The van der Waals surface area contributed by atoms with Gasteiger partial charge in [-0.3, -0.25) is 4.79 Å². The lowest BCUT2D eigenvalue weighted by Gasteiger charge is -2.10. The maximum atomic E-state index is 11.1. The molecule has 1 atom stereocenters. The van der Waals surface area contributed by atoms with Crippen molar-refractivity contribution in [2.75, 3.05) is 0 Å². The summed E-state index contributed by atoms with van der Waals surface area (Å²) in [5.74, 6) is -1.07. The Kier molecular flexibility index (Phi) is 5.42. The first-order valence-electron chi connectivity index (χ1n) is 5.59. The topological polar surface area (TPSA) is 37.3 Å². The molecule has 0 aliphatic carbocycles. The van der Waals surface area contributed by atoms with Gasteiger partial charge in [-0.2, -0.15) is 0 Å². The number of carboxylic acid groups (broad SMARTS) is 1. The van der Waals surface area contributed by atoms with E-state index in [2.05, 4.69) is 15.9 Å². The third-order valence-electron chi connectivity index (χ3n) is 2.56. The van der Waals surface area contributed by atoms with Crippen molar-refractivity contribution in [3.05, 3.63) is 46.0 Å². The van der Waals surface area contributed by atoms with Crippen LogP contribution in [0.4, 0.5) is 0 Å². The SMILES string of the molecule is CC(C)=CCC(Cc1ccc(Br)cc1)C(=O)O. The van der Waals surface area contributed by atoms with Gasteiger partial charge in [0, 0.05) is 4.47 Å². The van der Waals surface area contributed by atoms with Gasteiger partial charge in [-0.15, -0.1) is 0 Å². The number of allylic oxidation sites excluding steroid dienone is 2. The van der Waals surface area contributed by atoms with Gasteiger partial charge in [0.25, 0.3) is 0 Å². The molecule has 1 unspecified atom stereocenters. The Labute approximate surface area is 110 Å². The minimum atomic E-state index is -0.731. The Morgan fingerprint density at radius 2 is 1.94 bits per heavy atom. The molecule has 0 aliphatic rings. The van der Waals surface area contributed by atoms with E-state index in [1.807, 2.05) is 44.2 Å². The van der Waals surface area contributed by atoms with Gasteiger partial charge >= 0.3 is 5.97 Å². The molecule has 2 nitrogen and oxygen atoms in total. The summed E-state index contributed by atoms with van der Waals surface area (Å²) in [5.41, 5.74) is 2.22. The molecule has 0 saturated heterocycles. The smallest absolute Gasteiger partial charge is 0.307 e. The van der Waals surface area contributed by atoms with Crippen LogP contribution in [0.15, 0.2) is 40.4 Å². The second kappa shape index (κ2) is 6.60. The molecule has 3 heteroatoms. The highest BCUT2D eigenvalue weighted by Crippen LogP contribution is 2.17. The van der Waals surface area contributed by atoms with Crippen LogP contribution in [0.5, 0.6) is 0 Å². The fraction of sp³-hybridized carbons (Fsp3) is 0.357. The van der Waals surface area contributed by atoms with E-state index < -0.39 is 5.97 Å². The molecule has 1 N–H and O–H groups in total. The number of aliphatic carboxylic acids is 1. The lowest BCUT2D eigenvalue weighted by atomic mass is 9.95. The minimum Gasteiger partial charge on any atom is -0.481 e. The van der Waals surface area contributed by atoms with Gasteiger partial charge < -0.3 is 5.11 Å². The van der Waals surface area contributed by atoms with Crippen LogP contribution in [0.25, 0.3) is 0 Å². The third kappa shape index (κ3) is 5.18. The van der Waals surface area contributed by atoms with Crippen LogP contribution < -0.4 is 0 Å². The zero-order valence-electron chi connectivity index (χ0n) is 10.1. The molecule has 92 valence electrons. The number of halogens is 1. The predicted molar refractivity (Wildman–Crippen MR) is 73.0 cm³/mol. The Morgan fingerprint density at radius 1 is 1.35 bits per heavy atom. The Balaban J connectivity index is 2.70. The first-order chi connectivity index (χ1) is 7.99. The molecular weight excluding hydrogens is 280 g/mol. The molecule has 0 saturated carbocycles. The van der Waals surface area contributed by atoms with Crippen molar-refractivity contribution in [1.29, 1.82) is 0 Å². The van der Waals surface area contributed by atoms with Gasteiger partial charge in [-0.1, -0.05) is 39.7 Å². The molecular formula is C14H17BrO2. The summed E-state index contributed by atoms with van der Waals surface area (Å²) in [5, 5.41) is 9.16. The monoisotopic (exact) mass is 296 g/mol. The first kappa shape index (κ1) is 14.0. The fourth-order valence-electron chi connectivity index (χ4n) is 1.55. The molecule has 0 aliphatic heterocycles. The lowest BCUT2D eigenvalue weighted by molar-refractivity contribution is -0.141. The molecule has 0 aromatic heterocycles. The minimum absolute atomic E-state index is 0.342. The summed E-state index contributed by atoms with van der Waals surface area (Å²) < 4.78 is 1.01. The van der Waals surface area contributed by atoms with Crippen molar-refractivity contribution in [2.45, 2.75) is 26.7 Å². The summed E-state index contributed by atoms with van der Waals surface area (Å²) in [7, 11) is 0. The van der Waals surface area contributed by atoms with E-state index >= 15 is 0 Å². The Hall–Kier alpha value is -1.09. The Morgan fingerprint density at radius 3 is 2.41 bits per heavy atom. The number of carbonyl (C=O) groups is 1. The number of hydrogen-bond acceptors (Lipinski definition) is 1. The molecule has 1 aromatic rings. The molecule has 0 bridgehead atoms. The highest BCUT2D eigenvalue weighted by atomic mass is 79.9. The van der Waals surface area contributed by atoms with Crippen molar-refractivity contribution in [3.63, 3.8) is 0 Å². The van der Waals surface area contributed by atoms with Gasteiger partial charge in [0.15, 0.2) is 0 Å². The van der Waals surface area contributed by atoms with E-state index in [1.165, 1.54) is 0 Å². The number of carboxylic acids is 1. The van der Waals surface area contributed by atoms with Crippen molar-refractivity contribution in [3.8, 4) is 0 Å². The Bertz CT molecular complexity index is 403. The van der Waals surface area contributed by atoms with Crippen LogP contribution in [0, 0.1) is 5.92 Å². The summed E-state index contributed by atoms with van der Waals surface area (Å²) in [6.07, 6.45) is 3.15. The van der Waals surface area contributed by atoms with Gasteiger partial charge in [-0.25, -0.2) is 0 Å². The van der Waals surface area contributed by atoms with E-state index in [4.69, 9.17) is 5.11 Å². The van der Waals surface area contributed by atoms with Crippen molar-refractivity contribution in [2.24, 2.45) is 5.92 Å². The van der Waals surface area contributed by atoms with E-state index in [-0.39, 0.29) is 5.92 Å². The van der Waals surface area contributed by atoms with Crippen molar-refractivity contribution in [1.82, 2.24) is 0 Å². The highest BCUT2D eigenvalue weighted by Gasteiger charge is 2.16. The number of benzene rings is 1. The molecule has 17 heavy (non-hydrogen) atoms. The third-order valence-corrected chi connectivity index (χ3v) is 3.08. The molecule has 0 fully saturated rings. The van der Waals surface area contributed by atoms with Gasteiger partial charge in [-0.05, 0) is 44.4 Å². The van der Waals surface area contributed by atoms with Crippen molar-refractivity contribution >= 4 is 21.9 Å². The maximum absolute atomic E-state index is 11.1. The zero-order chi connectivity index (χ0) is 12.8. The molecule has 0 radical (unpaired) electrons. The zero-order valence-corrected chi connectivity index (χ0v) is 11.7. The predicted octanol–water partition coefficient (Wildman–Crippen LogP) is 4.05. The van der Waals surface area contributed by atoms with E-state index in [1.54, 1.807) is 0 Å². The summed E-state index contributed by atoms with van der Waals surface area (Å²) in [6.45, 7) is 3.97. The lowest BCUT2D eigenvalue weighted by Crippen LogP contribution is -2.15. The first-order valence-corrected chi connectivity index (χ1v) is 6.39. The summed E-state index contributed by atoms with van der Waals surface area (Å²) in [6, 6.07) is 7.80.